The predicted molar refractivity (Wildman–Crippen MR) is 77.4 cm³/mol. The molecule has 1 atom stereocenters. The van der Waals surface area contributed by atoms with Gasteiger partial charge in [-0.25, -0.2) is 9.48 Å². The molecule has 2 N–H and O–H groups in total. The SMILES string of the molecule is Cc1ccc(CNCC2Cn3nncc3CO2)o1.O=C(O)C(F)(F)F. The highest BCUT2D eigenvalue weighted by atomic mass is 19.4. The quantitative estimate of drug-likeness (QED) is 0.850. The van der Waals surface area contributed by atoms with Crippen LogP contribution < -0.4 is 5.32 Å². The molecule has 0 aliphatic carbocycles. The summed E-state index contributed by atoms with van der Waals surface area (Å²) in [6.45, 7) is 4.77. The minimum absolute atomic E-state index is 0.134. The number of rotatable bonds is 4. The van der Waals surface area contributed by atoms with E-state index in [1.54, 1.807) is 6.20 Å². The number of furan rings is 1. The number of carbonyl (C=O) groups is 1. The average molecular weight is 362 g/mol. The fourth-order valence-corrected chi connectivity index (χ4v) is 2.05. The van der Waals surface area contributed by atoms with Crippen molar-refractivity contribution in [2.24, 2.45) is 0 Å². The first-order valence-electron chi connectivity index (χ1n) is 7.31. The minimum atomic E-state index is -5.08. The molecule has 1 aliphatic rings. The number of alkyl halides is 3. The lowest BCUT2D eigenvalue weighted by molar-refractivity contribution is -0.192. The van der Waals surface area contributed by atoms with Crippen molar-refractivity contribution in [3.63, 3.8) is 0 Å². The van der Waals surface area contributed by atoms with Crippen molar-refractivity contribution in [3.05, 3.63) is 35.5 Å². The number of hydrogen-bond acceptors (Lipinski definition) is 6. The van der Waals surface area contributed by atoms with Gasteiger partial charge in [0.2, 0.25) is 0 Å². The molecule has 0 saturated carbocycles. The molecule has 0 fully saturated rings. The van der Waals surface area contributed by atoms with Crippen molar-refractivity contribution in [1.82, 2.24) is 20.3 Å². The van der Waals surface area contributed by atoms with Gasteiger partial charge in [0.1, 0.15) is 11.5 Å². The fourth-order valence-electron chi connectivity index (χ4n) is 2.05. The first-order valence-corrected chi connectivity index (χ1v) is 7.31. The van der Waals surface area contributed by atoms with Gasteiger partial charge < -0.3 is 19.6 Å². The third-order valence-corrected chi connectivity index (χ3v) is 3.25. The topological polar surface area (TPSA) is 102 Å². The summed E-state index contributed by atoms with van der Waals surface area (Å²) in [5.41, 5.74) is 1.04. The molecule has 25 heavy (non-hydrogen) atoms. The maximum atomic E-state index is 10.6. The number of nitrogens with one attached hydrogen (secondary N) is 1. The second-order valence-electron chi connectivity index (χ2n) is 5.29. The zero-order chi connectivity index (χ0) is 18.4. The molecular weight excluding hydrogens is 345 g/mol. The maximum Gasteiger partial charge on any atom is 0.490 e. The average Bonchev–Trinajstić information content (AvgIpc) is 3.15. The summed E-state index contributed by atoms with van der Waals surface area (Å²) in [7, 11) is 0. The molecule has 0 spiro atoms. The molecule has 8 nitrogen and oxygen atoms in total. The normalized spacial score (nSPS) is 16.7. The molecule has 0 radical (unpaired) electrons. The van der Waals surface area contributed by atoms with Crippen molar-refractivity contribution in [3.8, 4) is 0 Å². The minimum Gasteiger partial charge on any atom is -0.475 e. The zero-order valence-electron chi connectivity index (χ0n) is 13.3. The van der Waals surface area contributed by atoms with Gasteiger partial charge in [-0.05, 0) is 19.1 Å². The van der Waals surface area contributed by atoms with Crippen molar-refractivity contribution in [2.45, 2.75) is 38.9 Å². The Balaban J connectivity index is 0.000000277. The number of nitrogens with zero attached hydrogens (tertiary/aromatic N) is 3. The van der Waals surface area contributed by atoms with Crippen molar-refractivity contribution in [1.29, 1.82) is 0 Å². The van der Waals surface area contributed by atoms with Gasteiger partial charge in [0.05, 0.1) is 37.7 Å². The van der Waals surface area contributed by atoms with Gasteiger partial charge in [-0.3, -0.25) is 0 Å². The Morgan fingerprint density at radius 3 is 2.80 bits per heavy atom. The van der Waals surface area contributed by atoms with Crippen LogP contribution in [0.15, 0.2) is 22.7 Å². The van der Waals surface area contributed by atoms with Gasteiger partial charge in [0.15, 0.2) is 0 Å². The van der Waals surface area contributed by atoms with Crippen LogP contribution >= 0.6 is 0 Å². The second-order valence-corrected chi connectivity index (χ2v) is 5.29. The van der Waals surface area contributed by atoms with E-state index in [9.17, 15) is 13.2 Å². The molecule has 0 bridgehead atoms. The first-order chi connectivity index (χ1) is 11.8. The van der Waals surface area contributed by atoms with Gasteiger partial charge >= 0.3 is 12.1 Å². The van der Waals surface area contributed by atoms with E-state index in [-0.39, 0.29) is 6.10 Å². The highest BCUT2D eigenvalue weighted by Gasteiger charge is 2.38. The van der Waals surface area contributed by atoms with Gasteiger partial charge in [-0.1, -0.05) is 5.21 Å². The highest BCUT2D eigenvalue weighted by Crippen LogP contribution is 2.13. The third kappa shape index (κ3) is 5.87. The van der Waals surface area contributed by atoms with Crippen LogP contribution in [-0.2, 0) is 29.2 Å². The second kappa shape index (κ2) is 8.12. The standard InChI is InChI=1S/C12H16N4O2.C2HF3O2/c1-9-2-3-11(18-9)5-13-6-12-7-16-10(8-17-12)4-14-15-16;3-2(4,5)1(6)7/h2-4,12-13H,5-8H2,1H3;(H,6,7). The predicted octanol–water partition coefficient (Wildman–Crippen LogP) is 1.50. The molecule has 3 rings (SSSR count). The number of aromatic nitrogens is 3. The Morgan fingerprint density at radius 2 is 2.20 bits per heavy atom. The van der Waals surface area contributed by atoms with Gasteiger partial charge in [0, 0.05) is 6.54 Å². The van der Waals surface area contributed by atoms with Crippen molar-refractivity contribution in [2.75, 3.05) is 6.54 Å². The summed E-state index contributed by atoms with van der Waals surface area (Å²) in [5, 5.41) is 18.3. The van der Waals surface area contributed by atoms with Crippen LogP contribution in [-0.4, -0.2) is 44.9 Å². The summed E-state index contributed by atoms with van der Waals surface area (Å²) in [4.78, 5) is 8.90. The highest BCUT2D eigenvalue weighted by molar-refractivity contribution is 5.73. The molecule has 1 aliphatic heterocycles. The smallest absolute Gasteiger partial charge is 0.475 e. The van der Waals surface area contributed by atoms with Gasteiger partial charge in [0.25, 0.3) is 0 Å². The molecular formula is C14H17F3N4O4. The lowest BCUT2D eigenvalue weighted by Gasteiger charge is -2.23. The van der Waals surface area contributed by atoms with Gasteiger partial charge in [-0.2, -0.15) is 13.2 Å². The number of carboxylic acids is 1. The zero-order valence-corrected chi connectivity index (χ0v) is 13.3. The van der Waals surface area contributed by atoms with E-state index in [1.165, 1.54) is 0 Å². The summed E-state index contributed by atoms with van der Waals surface area (Å²) < 4.78 is 44.8. The van der Waals surface area contributed by atoms with Crippen LogP contribution in [0.5, 0.6) is 0 Å². The molecule has 0 aromatic carbocycles. The lowest BCUT2D eigenvalue weighted by atomic mass is 10.3. The number of fused-ring (bicyclic) bond motifs is 1. The largest absolute Gasteiger partial charge is 0.490 e. The summed E-state index contributed by atoms with van der Waals surface area (Å²) >= 11 is 0. The molecule has 3 heterocycles. The van der Waals surface area contributed by atoms with Crippen LogP contribution in [0, 0.1) is 6.92 Å². The monoisotopic (exact) mass is 362 g/mol. The summed E-state index contributed by atoms with van der Waals surface area (Å²) in [6.07, 6.45) is -3.20. The Labute approximate surface area is 140 Å². The molecule has 11 heteroatoms. The van der Waals surface area contributed by atoms with Crippen LogP contribution in [0.4, 0.5) is 13.2 Å². The van der Waals surface area contributed by atoms with Crippen molar-refractivity contribution >= 4 is 5.97 Å². The van der Waals surface area contributed by atoms with Gasteiger partial charge in [-0.15, -0.1) is 5.10 Å². The number of hydrogen-bond donors (Lipinski definition) is 2. The summed E-state index contributed by atoms with van der Waals surface area (Å²) in [6, 6.07) is 3.95. The molecule has 2 aromatic heterocycles. The lowest BCUT2D eigenvalue weighted by Crippen LogP contribution is -2.36. The number of halogens is 3. The van der Waals surface area contributed by atoms with Crippen molar-refractivity contribution < 1.29 is 32.2 Å². The van der Waals surface area contributed by atoms with Crippen LogP contribution in [0.3, 0.4) is 0 Å². The molecule has 138 valence electrons. The number of carboxylic acid groups (broad SMARTS) is 1. The Bertz CT molecular complexity index is 698. The van der Waals surface area contributed by atoms with E-state index < -0.39 is 12.1 Å². The third-order valence-electron chi connectivity index (χ3n) is 3.25. The van der Waals surface area contributed by atoms with E-state index in [0.29, 0.717) is 6.61 Å². The first kappa shape index (κ1) is 18.9. The van der Waals surface area contributed by atoms with E-state index in [4.69, 9.17) is 19.1 Å². The number of aliphatic carboxylic acids is 1. The van der Waals surface area contributed by atoms with E-state index in [0.717, 1.165) is 36.8 Å². The van der Waals surface area contributed by atoms with E-state index in [1.807, 2.05) is 23.7 Å². The maximum absolute atomic E-state index is 10.6. The molecule has 2 aromatic rings. The summed E-state index contributed by atoms with van der Waals surface area (Å²) in [5.74, 6) is -0.870. The fraction of sp³-hybridized carbons (Fsp3) is 0.500. The van der Waals surface area contributed by atoms with E-state index in [2.05, 4.69) is 15.6 Å². The van der Waals surface area contributed by atoms with Crippen LogP contribution in [0.2, 0.25) is 0 Å². The number of aryl methyl sites for hydroxylation is 1. The van der Waals surface area contributed by atoms with Crippen LogP contribution in [0.1, 0.15) is 17.2 Å². The Kier molecular flexibility index (Phi) is 6.15. The molecule has 0 amide bonds. The molecule has 0 saturated heterocycles. The Hall–Kier alpha value is -2.40. The number of ether oxygens (including phenoxy) is 1. The van der Waals surface area contributed by atoms with Crippen LogP contribution in [0.25, 0.3) is 0 Å². The van der Waals surface area contributed by atoms with E-state index >= 15 is 0 Å². The Morgan fingerprint density at radius 1 is 1.48 bits per heavy atom. The molecule has 1 unspecified atom stereocenters.